The van der Waals surface area contributed by atoms with Gasteiger partial charge in [-0.15, -0.1) is 0 Å². The quantitative estimate of drug-likeness (QED) is 0.604. The topological polar surface area (TPSA) is 148 Å². The highest BCUT2D eigenvalue weighted by molar-refractivity contribution is 6.02. The Kier molecular flexibility index (Phi) is 3.93. The minimum absolute atomic E-state index is 0.0675. The van der Waals surface area contributed by atoms with Crippen LogP contribution in [0.2, 0.25) is 0 Å². The molecule has 128 valence electrons. The van der Waals surface area contributed by atoms with Crippen molar-refractivity contribution in [1.82, 2.24) is 19.9 Å². The normalized spacial score (nSPS) is 10.8. The lowest BCUT2D eigenvalue weighted by Gasteiger charge is -2.11. The maximum absolute atomic E-state index is 12.4. The number of carbonyl (C=O) groups is 2. The molecule has 0 fully saturated rings. The summed E-state index contributed by atoms with van der Waals surface area (Å²) in [6.07, 6.45) is 2.69. The summed E-state index contributed by atoms with van der Waals surface area (Å²) >= 11 is 0. The monoisotopic (exact) mass is 344 g/mol. The Morgan fingerprint density at radius 1 is 1.40 bits per heavy atom. The van der Waals surface area contributed by atoms with Gasteiger partial charge in [-0.3, -0.25) is 19.0 Å². The second kappa shape index (κ2) is 6.07. The van der Waals surface area contributed by atoms with Crippen LogP contribution < -0.4 is 10.9 Å². The maximum atomic E-state index is 12.4. The molecule has 0 aromatic carbocycles. The van der Waals surface area contributed by atoms with Gasteiger partial charge in [-0.2, -0.15) is 0 Å². The molecule has 0 radical (unpaired) electrons. The van der Waals surface area contributed by atoms with Crippen LogP contribution >= 0.6 is 0 Å². The molecule has 3 rings (SSSR count). The zero-order valence-electron chi connectivity index (χ0n) is 12.9. The number of amides is 1. The van der Waals surface area contributed by atoms with Gasteiger partial charge in [-0.05, 0) is 12.1 Å². The smallest absolute Gasteiger partial charge is 0.322 e. The van der Waals surface area contributed by atoms with Gasteiger partial charge in [0.15, 0.2) is 17.2 Å². The fourth-order valence-corrected chi connectivity index (χ4v) is 2.27. The van der Waals surface area contributed by atoms with Crippen LogP contribution in [0.4, 0.5) is 0 Å². The summed E-state index contributed by atoms with van der Waals surface area (Å²) in [5, 5.41) is 21.0. The van der Waals surface area contributed by atoms with Crippen LogP contribution in [0, 0.1) is 0 Å². The Morgan fingerprint density at radius 3 is 2.80 bits per heavy atom. The molecule has 3 heterocycles. The number of fused-ring (bicyclic) bond motifs is 1. The molecule has 3 N–H and O–H groups in total. The predicted octanol–water partition coefficient (Wildman–Crippen LogP) is 0.109. The maximum Gasteiger partial charge on any atom is 0.322 e. The number of hydrogen-bond donors (Lipinski definition) is 3. The van der Waals surface area contributed by atoms with Crippen molar-refractivity contribution in [3.05, 3.63) is 40.5 Å². The number of nitrogens with zero attached hydrogens (tertiary/aromatic N) is 3. The first-order valence-corrected chi connectivity index (χ1v) is 7.02. The standard InChI is InChI=1S/C15H12N4O6/c1-19-13-7(5-16-12(18-13)8-3-2-4-25-8)11(22)10(15(19)24)14(23)17-6-9(20)21/h2-5,22H,6H2,1H3,(H,17,23)(H,20,21). The molecule has 0 aliphatic carbocycles. The van der Waals surface area contributed by atoms with Crippen LogP contribution in [0.15, 0.2) is 33.8 Å². The fourth-order valence-electron chi connectivity index (χ4n) is 2.27. The van der Waals surface area contributed by atoms with Crippen molar-refractivity contribution in [3.63, 3.8) is 0 Å². The van der Waals surface area contributed by atoms with Gasteiger partial charge in [0, 0.05) is 13.2 Å². The molecule has 0 aliphatic heterocycles. The minimum atomic E-state index is -1.28. The van der Waals surface area contributed by atoms with E-state index in [1.807, 2.05) is 5.32 Å². The highest BCUT2D eigenvalue weighted by Gasteiger charge is 2.23. The van der Waals surface area contributed by atoms with Gasteiger partial charge in [0.1, 0.15) is 17.9 Å². The van der Waals surface area contributed by atoms with Crippen LogP contribution in [0.1, 0.15) is 10.4 Å². The number of pyridine rings is 1. The number of nitrogens with one attached hydrogen (secondary N) is 1. The molecule has 0 saturated carbocycles. The lowest BCUT2D eigenvalue weighted by molar-refractivity contribution is -0.135. The minimum Gasteiger partial charge on any atom is -0.506 e. The van der Waals surface area contributed by atoms with Crippen LogP contribution in [-0.2, 0) is 11.8 Å². The van der Waals surface area contributed by atoms with Gasteiger partial charge >= 0.3 is 5.97 Å². The zero-order valence-corrected chi connectivity index (χ0v) is 12.9. The van der Waals surface area contributed by atoms with Crippen molar-refractivity contribution < 1.29 is 24.2 Å². The molecule has 10 heteroatoms. The molecule has 3 aromatic heterocycles. The Morgan fingerprint density at radius 2 is 2.16 bits per heavy atom. The summed E-state index contributed by atoms with van der Waals surface area (Å²) in [6.45, 7) is -0.687. The third-order valence-corrected chi connectivity index (χ3v) is 3.47. The molecule has 0 unspecified atom stereocenters. The van der Waals surface area contributed by atoms with Crippen molar-refractivity contribution in [1.29, 1.82) is 0 Å². The number of carboxylic acid groups (broad SMARTS) is 1. The zero-order chi connectivity index (χ0) is 18.1. The van der Waals surface area contributed by atoms with Crippen molar-refractivity contribution >= 4 is 22.9 Å². The third-order valence-electron chi connectivity index (χ3n) is 3.47. The highest BCUT2D eigenvalue weighted by atomic mass is 16.4. The van der Waals surface area contributed by atoms with Crippen molar-refractivity contribution in [2.24, 2.45) is 7.05 Å². The number of hydrogen-bond acceptors (Lipinski definition) is 7. The summed E-state index contributed by atoms with van der Waals surface area (Å²) in [5.74, 6) is -2.33. The van der Waals surface area contributed by atoms with E-state index in [9.17, 15) is 19.5 Å². The summed E-state index contributed by atoms with van der Waals surface area (Å²) in [5.41, 5.74) is -1.30. The van der Waals surface area contributed by atoms with Crippen molar-refractivity contribution in [2.45, 2.75) is 0 Å². The van der Waals surface area contributed by atoms with Crippen LogP contribution in [0.25, 0.3) is 22.6 Å². The second-order valence-corrected chi connectivity index (χ2v) is 5.07. The molecular weight excluding hydrogens is 332 g/mol. The summed E-state index contributed by atoms with van der Waals surface area (Å²) < 4.78 is 6.26. The Hall–Kier alpha value is -3.69. The molecule has 1 amide bonds. The number of carbonyl (C=O) groups excluding carboxylic acids is 1. The number of rotatable bonds is 4. The van der Waals surface area contributed by atoms with E-state index < -0.39 is 35.3 Å². The van der Waals surface area contributed by atoms with Crippen LogP contribution in [-0.4, -0.2) is 43.2 Å². The van der Waals surface area contributed by atoms with Crippen molar-refractivity contribution in [3.8, 4) is 17.3 Å². The van der Waals surface area contributed by atoms with E-state index in [1.54, 1.807) is 12.1 Å². The van der Waals surface area contributed by atoms with E-state index in [1.165, 1.54) is 19.5 Å². The van der Waals surface area contributed by atoms with E-state index in [0.29, 0.717) is 5.76 Å². The lowest BCUT2D eigenvalue weighted by Crippen LogP contribution is -2.35. The Balaban J connectivity index is 2.16. The summed E-state index contributed by atoms with van der Waals surface area (Å²) in [7, 11) is 1.37. The molecule has 25 heavy (non-hydrogen) atoms. The van der Waals surface area contributed by atoms with E-state index >= 15 is 0 Å². The number of aromatic nitrogens is 3. The van der Waals surface area contributed by atoms with Crippen LogP contribution in [0.3, 0.4) is 0 Å². The van der Waals surface area contributed by atoms with Gasteiger partial charge in [0.2, 0.25) is 0 Å². The van der Waals surface area contributed by atoms with Crippen LogP contribution in [0.5, 0.6) is 5.75 Å². The molecule has 3 aromatic rings. The highest BCUT2D eigenvalue weighted by Crippen LogP contribution is 2.26. The average Bonchev–Trinajstić information content (AvgIpc) is 3.12. The number of aromatic hydroxyl groups is 1. The lowest BCUT2D eigenvalue weighted by atomic mass is 10.1. The van der Waals surface area contributed by atoms with Gasteiger partial charge < -0.3 is 19.9 Å². The van der Waals surface area contributed by atoms with Gasteiger partial charge in [-0.25, -0.2) is 9.97 Å². The molecule has 10 nitrogen and oxygen atoms in total. The van der Waals surface area contributed by atoms with Gasteiger partial charge in [0.05, 0.1) is 11.6 Å². The Labute approximate surface area is 139 Å². The predicted molar refractivity (Wildman–Crippen MR) is 84.1 cm³/mol. The molecule has 0 bridgehead atoms. The molecular formula is C15H12N4O6. The Bertz CT molecular complexity index is 1040. The van der Waals surface area contributed by atoms with Gasteiger partial charge in [-0.1, -0.05) is 0 Å². The van der Waals surface area contributed by atoms with E-state index in [2.05, 4.69) is 9.97 Å². The van der Waals surface area contributed by atoms with E-state index in [-0.39, 0.29) is 16.9 Å². The molecule has 0 saturated heterocycles. The number of aliphatic carboxylic acids is 1. The fraction of sp³-hybridized carbons (Fsp3) is 0.133. The largest absolute Gasteiger partial charge is 0.506 e. The third kappa shape index (κ3) is 2.80. The average molecular weight is 344 g/mol. The van der Waals surface area contributed by atoms with Gasteiger partial charge in [0.25, 0.3) is 11.5 Å². The number of furan rings is 1. The SMILES string of the molecule is Cn1c(=O)c(C(=O)NCC(=O)O)c(O)c2cnc(-c3ccco3)nc21. The second-order valence-electron chi connectivity index (χ2n) is 5.07. The number of carboxylic acids is 1. The van der Waals surface area contributed by atoms with E-state index in [0.717, 1.165) is 4.57 Å². The molecule has 0 atom stereocenters. The van der Waals surface area contributed by atoms with E-state index in [4.69, 9.17) is 9.52 Å². The molecule has 0 spiro atoms. The summed E-state index contributed by atoms with van der Waals surface area (Å²) in [6, 6.07) is 3.28. The first-order valence-electron chi connectivity index (χ1n) is 7.02. The summed E-state index contributed by atoms with van der Waals surface area (Å²) in [4.78, 5) is 43.2. The van der Waals surface area contributed by atoms with Crippen molar-refractivity contribution in [2.75, 3.05) is 6.54 Å². The first-order chi connectivity index (χ1) is 11.9. The first kappa shape index (κ1) is 16.2. The number of aryl methyl sites for hydroxylation is 1. The molecule has 0 aliphatic rings.